The van der Waals surface area contributed by atoms with Crippen molar-refractivity contribution in [3.8, 4) is 0 Å². The van der Waals surface area contributed by atoms with Gasteiger partial charge in [0.1, 0.15) is 0 Å². The van der Waals surface area contributed by atoms with Gasteiger partial charge in [-0.1, -0.05) is 46.0 Å². The number of hydrogen-bond acceptors (Lipinski definition) is 1. The summed E-state index contributed by atoms with van der Waals surface area (Å²) in [6.07, 6.45) is 10.5. The lowest BCUT2D eigenvalue weighted by Gasteiger charge is -2.39. The van der Waals surface area contributed by atoms with E-state index in [1.807, 2.05) is 0 Å². The van der Waals surface area contributed by atoms with E-state index in [4.69, 9.17) is 11.6 Å². The third-order valence-corrected chi connectivity index (χ3v) is 4.76. The highest BCUT2D eigenvalue weighted by Crippen LogP contribution is 2.46. The summed E-state index contributed by atoms with van der Waals surface area (Å²) in [5.41, 5.74) is -0.210. The van der Waals surface area contributed by atoms with E-state index in [-0.39, 0.29) is 10.7 Å². The largest absolute Gasteiger partial charge is 0.281 e. The van der Waals surface area contributed by atoms with Gasteiger partial charge in [-0.3, -0.25) is 4.79 Å². The second-order valence-electron chi connectivity index (χ2n) is 5.22. The minimum atomic E-state index is -0.210. The Hall–Kier alpha value is -0.0400. The molecule has 1 rings (SSSR count). The third-order valence-electron chi connectivity index (χ3n) is 4.39. The molecule has 0 aromatic rings. The molecule has 0 heterocycles. The van der Waals surface area contributed by atoms with Gasteiger partial charge in [-0.05, 0) is 43.2 Å². The van der Waals surface area contributed by atoms with Crippen molar-refractivity contribution in [3.63, 3.8) is 0 Å². The van der Waals surface area contributed by atoms with E-state index in [1.165, 1.54) is 32.1 Å². The predicted molar refractivity (Wildman–Crippen MR) is 69.7 cm³/mol. The molecule has 0 bridgehead atoms. The molecule has 1 saturated carbocycles. The topological polar surface area (TPSA) is 17.1 Å². The second-order valence-corrected chi connectivity index (χ2v) is 5.57. The van der Waals surface area contributed by atoms with Crippen molar-refractivity contribution in [1.29, 1.82) is 0 Å². The number of carbonyl (C=O) groups excluding carboxylic acids is 1. The molecule has 1 nitrogen and oxygen atoms in total. The van der Waals surface area contributed by atoms with Crippen molar-refractivity contribution in [1.82, 2.24) is 0 Å². The number of rotatable bonds is 6. The van der Waals surface area contributed by atoms with Gasteiger partial charge in [0.05, 0.1) is 0 Å². The maximum atomic E-state index is 11.9. The molecule has 1 aliphatic carbocycles. The standard InChI is InChI=1S/C14H25ClO/c1-3-5-11-14(4-2,13(15)16)12-9-7-6-8-10-12/h12H,3-11H2,1-2H3. The Morgan fingerprint density at radius 3 is 2.31 bits per heavy atom. The van der Waals surface area contributed by atoms with Crippen LogP contribution in [-0.2, 0) is 4.79 Å². The molecule has 94 valence electrons. The average Bonchev–Trinajstić information content (AvgIpc) is 2.31. The maximum absolute atomic E-state index is 11.9. The van der Waals surface area contributed by atoms with Crippen LogP contribution in [0.1, 0.15) is 71.6 Å². The van der Waals surface area contributed by atoms with Gasteiger partial charge >= 0.3 is 0 Å². The minimum Gasteiger partial charge on any atom is -0.281 e. The van der Waals surface area contributed by atoms with Crippen LogP contribution >= 0.6 is 11.6 Å². The smallest absolute Gasteiger partial charge is 0.228 e. The van der Waals surface area contributed by atoms with E-state index in [1.54, 1.807) is 0 Å². The quantitative estimate of drug-likeness (QED) is 0.606. The van der Waals surface area contributed by atoms with Gasteiger partial charge in [-0.2, -0.15) is 0 Å². The van der Waals surface area contributed by atoms with Crippen LogP contribution in [0.5, 0.6) is 0 Å². The fraction of sp³-hybridized carbons (Fsp3) is 0.929. The van der Waals surface area contributed by atoms with Crippen LogP contribution in [0.2, 0.25) is 0 Å². The Balaban J connectivity index is 2.77. The number of unbranched alkanes of at least 4 members (excludes halogenated alkanes) is 1. The van der Waals surface area contributed by atoms with Crippen LogP contribution < -0.4 is 0 Å². The molecular formula is C14H25ClO. The highest BCUT2D eigenvalue weighted by molar-refractivity contribution is 6.64. The fourth-order valence-electron chi connectivity index (χ4n) is 3.21. The van der Waals surface area contributed by atoms with E-state index < -0.39 is 0 Å². The van der Waals surface area contributed by atoms with Gasteiger partial charge in [0.15, 0.2) is 0 Å². The van der Waals surface area contributed by atoms with Crippen molar-refractivity contribution < 1.29 is 4.79 Å². The second kappa shape index (κ2) is 6.64. The normalized spacial score (nSPS) is 21.7. The first-order valence-electron chi connectivity index (χ1n) is 6.87. The minimum absolute atomic E-state index is 0.0737. The highest BCUT2D eigenvalue weighted by atomic mass is 35.5. The average molecular weight is 245 g/mol. The van der Waals surface area contributed by atoms with Gasteiger partial charge in [0.25, 0.3) is 0 Å². The van der Waals surface area contributed by atoms with Gasteiger partial charge < -0.3 is 0 Å². The lowest BCUT2D eigenvalue weighted by atomic mass is 9.65. The van der Waals surface area contributed by atoms with E-state index in [0.717, 1.165) is 25.7 Å². The molecule has 0 amide bonds. The fourth-order valence-corrected chi connectivity index (χ4v) is 3.60. The molecule has 1 atom stereocenters. The van der Waals surface area contributed by atoms with E-state index in [2.05, 4.69) is 13.8 Å². The number of hydrogen-bond donors (Lipinski definition) is 0. The van der Waals surface area contributed by atoms with Crippen LogP contribution in [0.4, 0.5) is 0 Å². The molecule has 1 unspecified atom stereocenters. The van der Waals surface area contributed by atoms with Gasteiger partial charge in [0.2, 0.25) is 5.24 Å². The Morgan fingerprint density at radius 1 is 1.25 bits per heavy atom. The van der Waals surface area contributed by atoms with Crippen LogP contribution in [0.25, 0.3) is 0 Å². The van der Waals surface area contributed by atoms with Gasteiger partial charge in [0, 0.05) is 5.41 Å². The Morgan fingerprint density at radius 2 is 1.88 bits per heavy atom. The van der Waals surface area contributed by atoms with Crippen LogP contribution in [0, 0.1) is 11.3 Å². The van der Waals surface area contributed by atoms with E-state index in [0.29, 0.717) is 5.92 Å². The molecule has 0 spiro atoms. The molecule has 1 fully saturated rings. The van der Waals surface area contributed by atoms with Crippen molar-refractivity contribution in [2.24, 2.45) is 11.3 Å². The van der Waals surface area contributed by atoms with Crippen molar-refractivity contribution in [2.45, 2.75) is 71.6 Å². The molecule has 0 N–H and O–H groups in total. The number of halogens is 1. The van der Waals surface area contributed by atoms with Crippen molar-refractivity contribution in [3.05, 3.63) is 0 Å². The van der Waals surface area contributed by atoms with Crippen molar-refractivity contribution >= 4 is 16.8 Å². The number of carbonyl (C=O) groups is 1. The van der Waals surface area contributed by atoms with Gasteiger partial charge in [-0.15, -0.1) is 0 Å². The zero-order valence-electron chi connectivity index (χ0n) is 10.7. The molecule has 0 radical (unpaired) electrons. The molecule has 16 heavy (non-hydrogen) atoms. The van der Waals surface area contributed by atoms with Crippen molar-refractivity contribution in [2.75, 3.05) is 0 Å². The van der Waals surface area contributed by atoms with Crippen LogP contribution in [0.3, 0.4) is 0 Å². The summed E-state index contributed by atoms with van der Waals surface area (Å²) in [6.45, 7) is 4.31. The van der Waals surface area contributed by atoms with Crippen LogP contribution in [0.15, 0.2) is 0 Å². The monoisotopic (exact) mass is 244 g/mol. The Labute approximate surface area is 105 Å². The van der Waals surface area contributed by atoms with Crippen LogP contribution in [-0.4, -0.2) is 5.24 Å². The molecule has 0 aromatic carbocycles. The van der Waals surface area contributed by atoms with E-state index >= 15 is 0 Å². The predicted octanol–water partition coefficient (Wildman–Crippen LogP) is 4.92. The summed E-state index contributed by atoms with van der Waals surface area (Å²) >= 11 is 5.93. The summed E-state index contributed by atoms with van der Waals surface area (Å²) in [5, 5.41) is -0.0737. The molecule has 0 aromatic heterocycles. The maximum Gasteiger partial charge on any atom is 0.228 e. The molecule has 0 saturated heterocycles. The molecule has 0 aliphatic heterocycles. The summed E-state index contributed by atoms with van der Waals surface area (Å²) < 4.78 is 0. The van der Waals surface area contributed by atoms with E-state index in [9.17, 15) is 4.79 Å². The highest BCUT2D eigenvalue weighted by Gasteiger charge is 2.42. The summed E-state index contributed by atoms with van der Waals surface area (Å²) in [7, 11) is 0. The molecular weight excluding hydrogens is 220 g/mol. The first-order chi connectivity index (χ1) is 7.67. The molecule has 2 heteroatoms. The third kappa shape index (κ3) is 3.00. The Bertz CT molecular complexity index is 221. The zero-order chi connectivity index (χ0) is 12.0. The molecule has 1 aliphatic rings. The summed E-state index contributed by atoms with van der Waals surface area (Å²) in [6, 6.07) is 0. The SMILES string of the molecule is CCCCC(CC)(C(=O)Cl)C1CCCCC1. The summed E-state index contributed by atoms with van der Waals surface area (Å²) in [5.74, 6) is 0.544. The lowest BCUT2D eigenvalue weighted by molar-refractivity contribution is -0.125. The Kier molecular flexibility index (Phi) is 5.82. The summed E-state index contributed by atoms with van der Waals surface area (Å²) in [4.78, 5) is 11.9. The zero-order valence-corrected chi connectivity index (χ0v) is 11.5. The first-order valence-corrected chi connectivity index (χ1v) is 7.25. The first kappa shape index (κ1) is 14.0. The van der Waals surface area contributed by atoms with Gasteiger partial charge in [-0.25, -0.2) is 0 Å². The lowest BCUT2D eigenvalue weighted by Crippen LogP contribution is -2.37.